The molecular formula is C48H53FN10O4. The Morgan fingerprint density at radius 3 is 2.44 bits per heavy atom. The number of pyridine rings is 1. The van der Waals surface area contributed by atoms with Crippen molar-refractivity contribution in [2.45, 2.75) is 108 Å². The number of hydrogen-bond donors (Lipinski definition) is 3. The molecule has 8 heterocycles. The van der Waals surface area contributed by atoms with Gasteiger partial charge in [0.15, 0.2) is 5.82 Å². The molecule has 2 aromatic carbocycles. The van der Waals surface area contributed by atoms with E-state index in [2.05, 4.69) is 77.7 Å². The second-order valence-electron chi connectivity index (χ2n) is 18.1. The molecule has 63 heavy (non-hydrogen) atoms. The Balaban J connectivity index is 0.697. The van der Waals surface area contributed by atoms with E-state index < -0.39 is 23.4 Å². The summed E-state index contributed by atoms with van der Waals surface area (Å²) in [5.74, 6) is 0.172. The number of halogens is 1. The molecule has 5 aromatic rings. The monoisotopic (exact) mass is 852 g/mol. The predicted octanol–water partition coefficient (Wildman–Crippen LogP) is 6.53. The summed E-state index contributed by atoms with van der Waals surface area (Å²) in [5.41, 5.74) is 6.84. The van der Waals surface area contributed by atoms with E-state index in [1.54, 1.807) is 17.2 Å². The van der Waals surface area contributed by atoms with Crippen LogP contribution >= 0.6 is 0 Å². The van der Waals surface area contributed by atoms with E-state index in [1.807, 2.05) is 29.1 Å². The van der Waals surface area contributed by atoms with E-state index in [-0.39, 0.29) is 29.8 Å². The van der Waals surface area contributed by atoms with Gasteiger partial charge in [-0.3, -0.25) is 29.3 Å². The molecule has 2 atom stereocenters. The molecule has 326 valence electrons. The number of nitrogens with zero attached hydrogens (tertiary/aromatic N) is 8. The van der Waals surface area contributed by atoms with Gasteiger partial charge < -0.3 is 20.2 Å². The molecule has 0 aliphatic carbocycles. The number of piperidine rings is 3. The molecular weight excluding hydrogens is 800 g/mol. The maximum atomic E-state index is 15.1. The summed E-state index contributed by atoms with van der Waals surface area (Å²) in [7, 11) is 0. The van der Waals surface area contributed by atoms with Crippen molar-refractivity contribution in [1.29, 1.82) is 0 Å². The Labute approximate surface area is 365 Å². The molecule has 3 saturated heterocycles. The molecule has 1 unspecified atom stereocenters. The topological polar surface area (TPSA) is 162 Å². The first-order valence-corrected chi connectivity index (χ1v) is 22.5. The third-order valence-electron chi connectivity index (χ3n) is 14.0. The maximum absolute atomic E-state index is 15.1. The van der Waals surface area contributed by atoms with Gasteiger partial charge in [-0.05, 0) is 103 Å². The minimum atomic E-state index is -0.995. The molecule has 5 aliphatic rings. The SMILES string of the molecule is C[C@@H]1CCCCn2ncc(-c3nc(Nc4ccc(C5CCN(c6ccc(CN7CCC(O)(c8ccc9c(c8)CN(C8CCC(=O)NC8=O)C9=O)CC7)cc6)CC5)cn4)ncc3F)c21. The molecule has 14 nitrogen and oxygen atoms in total. The number of carbonyl (C=O) groups is 3. The normalized spacial score (nSPS) is 21.8. The van der Waals surface area contributed by atoms with Crippen LogP contribution in [0.5, 0.6) is 0 Å². The van der Waals surface area contributed by atoms with Crippen molar-refractivity contribution >= 4 is 35.2 Å². The zero-order chi connectivity index (χ0) is 43.2. The van der Waals surface area contributed by atoms with Crippen LogP contribution < -0.4 is 15.5 Å². The second-order valence-corrected chi connectivity index (χ2v) is 18.1. The van der Waals surface area contributed by atoms with Crippen LogP contribution in [0.4, 0.5) is 21.8 Å². The predicted molar refractivity (Wildman–Crippen MR) is 235 cm³/mol. The third kappa shape index (κ3) is 8.19. The highest BCUT2D eigenvalue weighted by atomic mass is 19.1. The Morgan fingerprint density at radius 2 is 1.68 bits per heavy atom. The summed E-state index contributed by atoms with van der Waals surface area (Å²) in [6.07, 6.45) is 11.8. The van der Waals surface area contributed by atoms with Gasteiger partial charge in [-0.25, -0.2) is 19.3 Å². The van der Waals surface area contributed by atoms with Gasteiger partial charge in [0.25, 0.3) is 5.91 Å². The number of nitrogens with one attached hydrogen (secondary N) is 2. The Bertz CT molecular complexity index is 2530. The third-order valence-corrected chi connectivity index (χ3v) is 14.0. The highest BCUT2D eigenvalue weighted by molar-refractivity contribution is 6.05. The molecule has 3 aromatic heterocycles. The summed E-state index contributed by atoms with van der Waals surface area (Å²) in [4.78, 5) is 57.2. The van der Waals surface area contributed by atoms with Gasteiger partial charge in [0, 0.05) is 75.2 Å². The van der Waals surface area contributed by atoms with Gasteiger partial charge in [0.1, 0.15) is 17.6 Å². The molecule has 10 rings (SSSR count). The van der Waals surface area contributed by atoms with Gasteiger partial charge in [0.05, 0.1) is 23.7 Å². The molecule has 3 N–H and O–H groups in total. The van der Waals surface area contributed by atoms with Gasteiger partial charge in [-0.15, -0.1) is 0 Å². The average molecular weight is 853 g/mol. The van der Waals surface area contributed by atoms with Crippen molar-refractivity contribution in [3.8, 4) is 11.3 Å². The Hall–Kier alpha value is -6.06. The minimum absolute atomic E-state index is 0.207. The van der Waals surface area contributed by atoms with Gasteiger partial charge >= 0.3 is 0 Å². The number of rotatable bonds is 9. The van der Waals surface area contributed by atoms with E-state index in [0.717, 1.165) is 93.8 Å². The Morgan fingerprint density at radius 1 is 0.873 bits per heavy atom. The standard InChI is InChI=1S/C48H53FN10O4/c1-30-4-2-3-19-59-44(30)38(26-52-59)43-39(49)27-51-47(55-43)53-41-13-7-33(25-50-41)32-15-20-57(21-16-32)36-9-5-31(6-10-36)28-56-22-17-48(63,18-23-56)35-8-11-37-34(24-35)29-58(46(37)62)40-12-14-42(60)54-45(40)61/h5-11,13,24-27,30,32,40,63H,2-4,12,14-23,28-29H2,1H3,(H,54,60,61)(H,50,51,53,55)/t30-,40?/m1/s1. The van der Waals surface area contributed by atoms with Gasteiger partial charge in [-0.1, -0.05) is 43.7 Å². The van der Waals surface area contributed by atoms with Gasteiger partial charge in [0.2, 0.25) is 17.8 Å². The van der Waals surface area contributed by atoms with Crippen LogP contribution in [0.1, 0.15) is 115 Å². The fourth-order valence-electron chi connectivity index (χ4n) is 10.4. The average Bonchev–Trinajstić information content (AvgIpc) is 3.81. The highest BCUT2D eigenvalue weighted by Crippen LogP contribution is 2.38. The number of anilines is 3. The molecule has 0 saturated carbocycles. The fraction of sp³-hybridized carbons (Fsp3) is 0.438. The number of likely N-dealkylation sites (tertiary alicyclic amines) is 1. The van der Waals surface area contributed by atoms with E-state index >= 15 is 4.39 Å². The van der Waals surface area contributed by atoms with Crippen LogP contribution in [-0.4, -0.2) is 89.6 Å². The number of amides is 3. The fourth-order valence-corrected chi connectivity index (χ4v) is 10.4. The molecule has 0 spiro atoms. The lowest BCUT2D eigenvalue weighted by Gasteiger charge is -2.39. The van der Waals surface area contributed by atoms with E-state index in [0.29, 0.717) is 49.1 Å². The smallest absolute Gasteiger partial charge is 0.255 e. The lowest BCUT2D eigenvalue weighted by Crippen LogP contribution is -2.52. The van der Waals surface area contributed by atoms with Crippen molar-refractivity contribution < 1.29 is 23.9 Å². The van der Waals surface area contributed by atoms with E-state index in [9.17, 15) is 19.5 Å². The van der Waals surface area contributed by atoms with Crippen molar-refractivity contribution in [2.75, 3.05) is 36.4 Å². The summed E-state index contributed by atoms with van der Waals surface area (Å²) in [6.45, 7) is 7.48. The molecule has 3 fully saturated rings. The number of carbonyl (C=O) groups excluding carboxylic acids is 3. The van der Waals surface area contributed by atoms with Crippen LogP contribution in [0.2, 0.25) is 0 Å². The molecule has 0 radical (unpaired) electrons. The number of aliphatic hydroxyl groups is 1. The van der Waals surface area contributed by atoms with E-state index in [4.69, 9.17) is 0 Å². The summed E-state index contributed by atoms with van der Waals surface area (Å²) in [5, 5.41) is 21.9. The Kier molecular flexibility index (Phi) is 11.0. The van der Waals surface area contributed by atoms with Crippen LogP contribution in [0.25, 0.3) is 11.3 Å². The largest absolute Gasteiger partial charge is 0.385 e. The number of aromatic nitrogens is 5. The number of hydrogen-bond acceptors (Lipinski definition) is 11. The lowest BCUT2D eigenvalue weighted by molar-refractivity contribution is -0.136. The lowest BCUT2D eigenvalue weighted by atomic mass is 9.83. The summed E-state index contributed by atoms with van der Waals surface area (Å²) < 4.78 is 17.1. The van der Waals surface area contributed by atoms with Crippen LogP contribution in [0.15, 0.2) is 73.2 Å². The summed E-state index contributed by atoms with van der Waals surface area (Å²) >= 11 is 0. The second kappa shape index (κ2) is 16.9. The van der Waals surface area contributed by atoms with Crippen molar-refractivity contribution in [3.05, 3.63) is 113 Å². The first kappa shape index (κ1) is 41.0. The zero-order valence-corrected chi connectivity index (χ0v) is 35.6. The quantitative estimate of drug-likeness (QED) is 0.138. The molecule has 0 bridgehead atoms. The number of benzene rings is 2. The molecule has 5 aliphatic heterocycles. The number of aryl methyl sites for hydroxylation is 1. The summed E-state index contributed by atoms with van der Waals surface area (Å²) in [6, 6.07) is 17.8. The first-order valence-electron chi connectivity index (χ1n) is 22.5. The van der Waals surface area contributed by atoms with Crippen LogP contribution in [0, 0.1) is 5.82 Å². The van der Waals surface area contributed by atoms with Gasteiger partial charge in [-0.2, -0.15) is 5.10 Å². The van der Waals surface area contributed by atoms with Crippen LogP contribution in [-0.2, 0) is 34.8 Å². The van der Waals surface area contributed by atoms with Crippen molar-refractivity contribution in [2.24, 2.45) is 0 Å². The van der Waals surface area contributed by atoms with Crippen molar-refractivity contribution in [3.63, 3.8) is 0 Å². The number of fused-ring (bicyclic) bond motifs is 2. The minimum Gasteiger partial charge on any atom is -0.385 e. The zero-order valence-electron chi connectivity index (χ0n) is 35.6. The molecule has 15 heteroatoms. The van der Waals surface area contributed by atoms with E-state index in [1.165, 1.54) is 23.0 Å². The first-order chi connectivity index (χ1) is 30.6. The highest BCUT2D eigenvalue weighted by Gasteiger charge is 2.41. The van der Waals surface area contributed by atoms with Crippen LogP contribution in [0.3, 0.4) is 0 Å². The van der Waals surface area contributed by atoms with Crippen molar-refractivity contribution in [1.82, 2.24) is 39.8 Å². The maximum Gasteiger partial charge on any atom is 0.255 e. The number of imide groups is 1. The molecule has 3 amide bonds.